The van der Waals surface area contributed by atoms with E-state index in [2.05, 4.69) is 15.1 Å². The summed E-state index contributed by atoms with van der Waals surface area (Å²) in [7, 11) is 0. The van der Waals surface area contributed by atoms with Gasteiger partial charge in [-0.25, -0.2) is 9.97 Å². The first-order valence-corrected chi connectivity index (χ1v) is 10.0. The quantitative estimate of drug-likeness (QED) is 0.599. The molecule has 1 fully saturated rings. The summed E-state index contributed by atoms with van der Waals surface area (Å²) in [5.41, 5.74) is 0.338. The van der Waals surface area contributed by atoms with E-state index in [-0.39, 0.29) is 34.3 Å². The van der Waals surface area contributed by atoms with Crippen LogP contribution < -0.4 is 0 Å². The van der Waals surface area contributed by atoms with E-state index in [9.17, 15) is 18.0 Å². The van der Waals surface area contributed by atoms with Gasteiger partial charge in [0.05, 0.1) is 27.3 Å². The van der Waals surface area contributed by atoms with E-state index in [0.29, 0.717) is 36.5 Å². The summed E-state index contributed by atoms with van der Waals surface area (Å²) in [4.78, 5) is 23.5. The van der Waals surface area contributed by atoms with Crippen LogP contribution in [0.25, 0.3) is 11.1 Å². The van der Waals surface area contributed by atoms with Crippen molar-refractivity contribution in [1.29, 1.82) is 0 Å². The van der Waals surface area contributed by atoms with E-state index in [0.717, 1.165) is 11.1 Å². The molecule has 0 atom stereocenters. The highest BCUT2D eigenvalue weighted by Crippen LogP contribution is 2.40. The number of fused-ring (bicyclic) bond motifs is 1. The average molecular weight is 424 g/mol. The van der Waals surface area contributed by atoms with Crippen molar-refractivity contribution in [3.63, 3.8) is 0 Å². The predicted molar refractivity (Wildman–Crippen MR) is 101 cm³/mol. The van der Waals surface area contributed by atoms with Crippen LogP contribution in [0.15, 0.2) is 10.6 Å². The number of carbonyl (C=O) groups is 1. The lowest BCUT2D eigenvalue weighted by Gasteiger charge is -2.31. The molecule has 154 valence electrons. The monoisotopic (exact) mass is 424 g/mol. The van der Waals surface area contributed by atoms with Crippen LogP contribution in [0.2, 0.25) is 0 Å². The Kier molecular flexibility index (Phi) is 4.84. The van der Waals surface area contributed by atoms with Crippen LogP contribution in [0, 0.1) is 20.8 Å². The minimum absolute atomic E-state index is 0.0678. The van der Waals surface area contributed by atoms with Gasteiger partial charge in [0.25, 0.3) is 11.6 Å². The first kappa shape index (κ1) is 19.8. The molecule has 1 aliphatic rings. The van der Waals surface area contributed by atoms with E-state index in [1.54, 1.807) is 11.8 Å². The second-order valence-electron chi connectivity index (χ2n) is 7.27. The van der Waals surface area contributed by atoms with Gasteiger partial charge in [0, 0.05) is 24.7 Å². The Morgan fingerprint density at radius 2 is 1.90 bits per heavy atom. The van der Waals surface area contributed by atoms with Gasteiger partial charge in [0.2, 0.25) is 0 Å². The van der Waals surface area contributed by atoms with Gasteiger partial charge in [-0.1, -0.05) is 5.16 Å². The van der Waals surface area contributed by atoms with Gasteiger partial charge < -0.3 is 9.42 Å². The van der Waals surface area contributed by atoms with E-state index >= 15 is 0 Å². The topological polar surface area (TPSA) is 72.1 Å². The fourth-order valence-corrected chi connectivity index (χ4v) is 4.72. The first-order chi connectivity index (χ1) is 13.6. The number of likely N-dealkylation sites (tertiary alicyclic amines) is 1. The summed E-state index contributed by atoms with van der Waals surface area (Å²) in [5.74, 6) is -0.306. The maximum Gasteiger partial charge on any atom is 0.417 e. The van der Waals surface area contributed by atoms with Gasteiger partial charge in [0.1, 0.15) is 4.88 Å². The van der Waals surface area contributed by atoms with E-state index in [1.807, 2.05) is 6.92 Å². The fraction of sp³-hybridized carbons (Fsp3) is 0.474. The van der Waals surface area contributed by atoms with Crippen LogP contribution in [-0.2, 0) is 6.18 Å². The van der Waals surface area contributed by atoms with Crippen molar-refractivity contribution in [3.05, 3.63) is 38.6 Å². The van der Waals surface area contributed by atoms with Crippen LogP contribution in [0.3, 0.4) is 0 Å². The lowest BCUT2D eigenvalue weighted by Crippen LogP contribution is -2.38. The summed E-state index contributed by atoms with van der Waals surface area (Å²) in [5, 5.41) is 4.69. The molecule has 3 aromatic heterocycles. The highest BCUT2D eigenvalue weighted by Gasteiger charge is 2.38. The standard InChI is InChI=1S/C19H19F3N4O2S/c1-9-8-13(19(20,21)22)14-15(25-28-17(14)23-9)12-4-6-26(7-5-12)18(27)16-10(2)24-11(3)29-16/h8,12H,4-7H2,1-3H3. The van der Waals surface area contributed by atoms with Crippen molar-refractivity contribution in [2.45, 2.75) is 45.7 Å². The Bertz CT molecular complexity index is 1080. The molecular weight excluding hydrogens is 405 g/mol. The zero-order chi connectivity index (χ0) is 20.9. The van der Waals surface area contributed by atoms with Gasteiger partial charge in [0.15, 0.2) is 0 Å². The number of carbonyl (C=O) groups excluding carboxylic acids is 1. The summed E-state index contributed by atoms with van der Waals surface area (Å²) >= 11 is 1.36. The number of nitrogens with zero attached hydrogens (tertiary/aromatic N) is 4. The largest absolute Gasteiger partial charge is 0.417 e. The number of hydrogen-bond acceptors (Lipinski definition) is 6. The third-order valence-corrected chi connectivity index (χ3v) is 6.23. The number of hydrogen-bond donors (Lipinski definition) is 0. The van der Waals surface area contributed by atoms with Crippen LogP contribution in [0.5, 0.6) is 0 Å². The SMILES string of the molecule is Cc1cc(C(F)(F)F)c2c(C3CCN(C(=O)c4sc(C)nc4C)CC3)noc2n1. The zero-order valence-electron chi connectivity index (χ0n) is 16.1. The van der Waals surface area contributed by atoms with Crippen LogP contribution in [-0.4, -0.2) is 39.0 Å². The van der Waals surface area contributed by atoms with Gasteiger partial charge in [-0.3, -0.25) is 4.79 Å². The molecule has 1 saturated heterocycles. The molecule has 0 aromatic carbocycles. The van der Waals surface area contributed by atoms with Gasteiger partial charge in [-0.05, 0) is 39.7 Å². The lowest BCUT2D eigenvalue weighted by molar-refractivity contribution is -0.136. The Morgan fingerprint density at radius 3 is 2.48 bits per heavy atom. The molecule has 3 aromatic rings. The molecule has 1 amide bonds. The van der Waals surface area contributed by atoms with Crippen LogP contribution in [0.1, 0.15) is 56.1 Å². The molecule has 0 bridgehead atoms. The Hall–Kier alpha value is -2.49. The van der Waals surface area contributed by atoms with Crippen LogP contribution >= 0.6 is 11.3 Å². The molecule has 0 saturated carbocycles. The molecule has 10 heteroatoms. The smallest absolute Gasteiger partial charge is 0.338 e. The summed E-state index contributed by atoms with van der Waals surface area (Å²) < 4.78 is 45.8. The van der Waals surface area contributed by atoms with Gasteiger partial charge >= 0.3 is 6.18 Å². The maximum absolute atomic E-state index is 13.6. The Balaban J connectivity index is 1.58. The van der Waals surface area contributed by atoms with Crippen molar-refractivity contribution in [2.24, 2.45) is 0 Å². The normalized spacial score (nSPS) is 16.0. The molecule has 4 heterocycles. The minimum Gasteiger partial charge on any atom is -0.338 e. The minimum atomic E-state index is -4.52. The second kappa shape index (κ2) is 7.08. The predicted octanol–water partition coefficient (Wildman–Crippen LogP) is 4.64. The molecule has 0 unspecified atom stereocenters. The van der Waals surface area contributed by atoms with Crippen molar-refractivity contribution in [1.82, 2.24) is 20.0 Å². The number of thiazole rings is 1. The molecule has 0 spiro atoms. The number of rotatable bonds is 2. The number of halogens is 3. The Labute approximate surface area is 168 Å². The molecule has 0 radical (unpaired) electrons. The maximum atomic E-state index is 13.6. The number of alkyl halides is 3. The Morgan fingerprint density at radius 1 is 1.21 bits per heavy atom. The molecule has 6 nitrogen and oxygen atoms in total. The highest BCUT2D eigenvalue weighted by molar-refractivity contribution is 7.13. The zero-order valence-corrected chi connectivity index (χ0v) is 16.9. The number of aromatic nitrogens is 3. The number of aryl methyl sites for hydroxylation is 3. The molecule has 4 rings (SSSR count). The molecule has 0 N–H and O–H groups in total. The molecule has 29 heavy (non-hydrogen) atoms. The summed E-state index contributed by atoms with van der Waals surface area (Å²) in [6, 6.07) is 1.02. The van der Waals surface area contributed by atoms with E-state index in [1.165, 1.54) is 18.3 Å². The lowest BCUT2D eigenvalue weighted by atomic mass is 9.90. The van der Waals surface area contributed by atoms with Gasteiger partial charge in [-0.2, -0.15) is 13.2 Å². The third kappa shape index (κ3) is 3.61. The molecule has 1 aliphatic heterocycles. The van der Waals surface area contributed by atoms with E-state index < -0.39 is 11.7 Å². The summed E-state index contributed by atoms with van der Waals surface area (Å²) in [6.07, 6.45) is -3.50. The average Bonchev–Trinajstić information content (AvgIpc) is 3.22. The second-order valence-corrected chi connectivity index (χ2v) is 8.47. The highest BCUT2D eigenvalue weighted by atomic mass is 32.1. The summed E-state index contributed by atoms with van der Waals surface area (Å²) in [6.45, 7) is 6.02. The third-order valence-electron chi connectivity index (χ3n) is 5.17. The van der Waals surface area contributed by atoms with Gasteiger partial charge in [-0.15, -0.1) is 11.3 Å². The fourth-order valence-electron chi connectivity index (χ4n) is 3.83. The first-order valence-electron chi connectivity index (χ1n) is 9.22. The van der Waals surface area contributed by atoms with Crippen LogP contribution in [0.4, 0.5) is 13.2 Å². The van der Waals surface area contributed by atoms with Crippen molar-refractivity contribution in [3.8, 4) is 0 Å². The van der Waals surface area contributed by atoms with Crippen molar-refractivity contribution < 1.29 is 22.5 Å². The number of piperidine rings is 1. The number of pyridine rings is 1. The molecule has 0 aliphatic carbocycles. The van der Waals surface area contributed by atoms with Crippen molar-refractivity contribution >= 4 is 28.3 Å². The molecular formula is C19H19F3N4O2S. The van der Waals surface area contributed by atoms with Crippen molar-refractivity contribution in [2.75, 3.05) is 13.1 Å². The number of amides is 1. The van der Waals surface area contributed by atoms with E-state index in [4.69, 9.17) is 4.52 Å².